The minimum absolute atomic E-state index is 0.329. The van der Waals surface area contributed by atoms with Crippen molar-refractivity contribution in [3.8, 4) is 0 Å². The SMILES string of the molecule is C1=CC2CC1[C@H]1[C@H](OCc3ccccc3)C=C[C@@H]21. The van der Waals surface area contributed by atoms with E-state index in [0.717, 1.165) is 24.4 Å². The molecule has 1 aromatic carbocycles. The first-order chi connectivity index (χ1) is 8.92. The maximum absolute atomic E-state index is 6.13. The molecule has 2 unspecified atom stereocenters. The van der Waals surface area contributed by atoms with Gasteiger partial charge >= 0.3 is 0 Å². The zero-order chi connectivity index (χ0) is 11.9. The lowest BCUT2D eigenvalue weighted by Crippen LogP contribution is -2.26. The van der Waals surface area contributed by atoms with Gasteiger partial charge in [-0.25, -0.2) is 0 Å². The molecule has 92 valence electrons. The largest absolute Gasteiger partial charge is 0.369 e. The average molecular weight is 238 g/mol. The zero-order valence-corrected chi connectivity index (χ0v) is 10.4. The van der Waals surface area contributed by atoms with E-state index in [-0.39, 0.29) is 0 Å². The Hall–Kier alpha value is -1.34. The summed E-state index contributed by atoms with van der Waals surface area (Å²) in [7, 11) is 0. The Balaban J connectivity index is 1.45. The summed E-state index contributed by atoms with van der Waals surface area (Å²) >= 11 is 0. The molecule has 0 heterocycles. The number of allylic oxidation sites excluding steroid dienone is 3. The van der Waals surface area contributed by atoms with E-state index in [4.69, 9.17) is 4.74 Å². The molecule has 3 aliphatic carbocycles. The molecule has 5 atom stereocenters. The Kier molecular flexibility index (Phi) is 2.41. The van der Waals surface area contributed by atoms with E-state index in [0.29, 0.717) is 12.0 Å². The average Bonchev–Trinajstić information content (AvgIpc) is 3.11. The fraction of sp³-hybridized carbons (Fsp3) is 0.412. The summed E-state index contributed by atoms with van der Waals surface area (Å²) in [5, 5.41) is 0. The van der Waals surface area contributed by atoms with Crippen LogP contribution in [0.4, 0.5) is 0 Å². The van der Waals surface area contributed by atoms with E-state index in [1.807, 2.05) is 0 Å². The first-order valence-corrected chi connectivity index (χ1v) is 6.94. The third-order valence-corrected chi connectivity index (χ3v) is 4.77. The van der Waals surface area contributed by atoms with Gasteiger partial charge in [0, 0.05) is 5.92 Å². The normalized spacial score (nSPS) is 39.4. The molecule has 18 heavy (non-hydrogen) atoms. The molecule has 4 rings (SSSR count). The van der Waals surface area contributed by atoms with Crippen LogP contribution in [0.15, 0.2) is 54.6 Å². The molecular formula is C17H18O. The predicted octanol–water partition coefficient (Wildman–Crippen LogP) is 3.58. The first kappa shape index (κ1) is 10.6. The van der Waals surface area contributed by atoms with Crippen LogP contribution in [0.25, 0.3) is 0 Å². The Morgan fingerprint density at radius 2 is 1.78 bits per heavy atom. The van der Waals surface area contributed by atoms with Crippen LogP contribution in [0.1, 0.15) is 12.0 Å². The standard InChI is InChI=1S/C17H18O/c1-2-4-12(5-3-1)11-18-16-9-8-15-13-6-7-14(10-13)17(15)16/h1-9,13-17H,10-11H2/t13?,14?,15-,16+,17+/m0/s1. The quantitative estimate of drug-likeness (QED) is 0.731. The van der Waals surface area contributed by atoms with Crippen LogP contribution in [-0.2, 0) is 11.3 Å². The van der Waals surface area contributed by atoms with Gasteiger partial charge in [0.15, 0.2) is 0 Å². The minimum atomic E-state index is 0.329. The Morgan fingerprint density at radius 1 is 0.944 bits per heavy atom. The van der Waals surface area contributed by atoms with E-state index < -0.39 is 0 Å². The lowest BCUT2D eigenvalue weighted by atomic mass is 9.84. The maximum atomic E-state index is 6.13. The number of rotatable bonds is 3. The molecule has 0 amide bonds. The van der Waals surface area contributed by atoms with Gasteiger partial charge in [-0.1, -0.05) is 54.6 Å². The molecule has 2 bridgehead atoms. The Morgan fingerprint density at radius 3 is 2.67 bits per heavy atom. The van der Waals surface area contributed by atoms with E-state index in [1.165, 1.54) is 12.0 Å². The second kappa shape index (κ2) is 4.10. The highest BCUT2D eigenvalue weighted by atomic mass is 16.5. The molecule has 0 aromatic heterocycles. The molecule has 1 fully saturated rings. The van der Waals surface area contributed by atoms with Crippen molar-refractivity contribution in [1.82, 2.24) is 0 Å². The molecule has 0 N–H and O–H groups in total. The van der Waals surface area contributed by atoms with Crippen molar-refractivity contribution in [1.29, 1.82) is 0 Å². The van der Waals surface area contributed by atoms with Crippen molar-refractivity contribution < 1.29 is 4.74 Å². The topological polar surface area (TPSA) is 9.23 Å². The fourth-order valence-electron chi connectivity index (χ4n) is 3.93. The smallest absolute Gasteiger partial charge is 0.0800 e. The molecule has 0 spiro atoms. The Labute approximate surface area is 108 Å². The van der Waals surface area contributed by atoms with Crippen molar-refractivity contribution >= 4 is 0 Å². The molecule has 0 saturated heterocycles. The third kappa shape index (κ3) is 1.58. The molecule has 1 saturated carbocycles. The summed E-state index contributed by atoms with van der Waals surface area (Å²) in [5.74, 6) is 3.02. The molecule has 1 nitrogen and oxygen atoms in total. The summed E-state index contributed by atoms with van der Waals surface area (Å²) < 4.78 is 6.13. The van der Waals surface area contributed by atoms with Crippen LogP contribution in [-0.4, -0.2) is 6.10 Å². The van der Waals surface area contributed by atoms with Crippen LogP contribution < -0.4 is 0 Å². The zero-order valence-electron chi connectivity index (χ0n) is 10.4. The monoisotopic (exact) mass is 238 g/mol. The van der Waals surface area contributed by atoms with Crippen molar-refractivity contribution in [2.45, 2.75) is 19.1 Å². The van der Waals surface area contributed by atoms with Gasteiger partial charge < -0.3 is 4.74 Å². The fourth-order valence-corrected chi connectivity index (χ4v) is 3.93. The molecule has 3 aliphatic rings. The van der Waals surface area contributed by atoms with Gasteiger partial charge in [-0.3, -0.25) is 0 Å². The highest BCUT2D eigenvalue weighted by Crippen LogP contribution is 2.53. The maximum Gasteiger partial charge on any atom is 0.0800 e. The van der Waals surface area contributed by atoms with Crippen LogP contribution in [0.2, 0.25) is 0 Å². The summed E-state index contributed by atoms with van der Waals surface area (Å²) in [4.78, 5) is 0. The van der Waals surface area contributed by atoms with Gasteiger partial charge in [0.2, 0.25) is 0 Å². The number of hydrogen-bond donors (Lipinski definition) is 0. The summed E-state index contributed by atoms with van der Waals surface area (Å²) in [5.41, 5.74) is 1.27. The molecule has 1 aromatic rings. The third-order valence-electron chi connectivity index (χ3n) is 4.77. The van der Waals surface area contributed by atoms with Crippen molar-refractivity contribution in [3.05, 3.63) is 60.2 Å². The number of fused-ring (bicyclic) bond motifs is 5. The van der Waals surface area contributed by atoms with Crippen molar-refractivity contribution in [2.24, 2.45) is 23.7 Å². The van der Waals surface area contributed by atoms with E-state index >= 15 is 0 Å². The van der Waals surface area contributed by atoms with E-state index in [9.17, 15) is 0 Å². The van der Waals surface area contributed by atoms with Gasteiger partial charge in [0.25, 0.3) is 0 Å². The van der Waals surface area contributed by atoms with Crippen molar-refractivity contribution in [2.75, 3.05) is 0 Å². The second-order valence-corrected chi connectivity index (χ2v) is 5.75. The van der Waals surface area contributed by atoms with Gasteiger partial charge in [-0.15, -0.1) is 0 Å². The van der Waals surface area contributed by atoms with Crippen LogP contribution in [0.5, 0.6) is 0 Å². The number of benzene rings is 1. The van der Waals surface area contributed by atoms with Gasteiger partial charge in [-0.2, -0.15) is 0 Å². The molecule has 0 radical (unpaired) electrons. The highest BCUT2D eigenvalue weighted by Gasteiger charge is 2.49. The predicted molar refractivity (Wildman–Crippen MR) is 71.9 cm³/mol. The van der Waals surface area contributed by atoms with Crippen LogP contribution in [0.3, 0.4) is 0 Å². The highest BCUT2D eigenvalue weighted by molar-refractivity contribution is 5.25. The van der Waals surface area contributed by atoms with Gasteiger partial charge in [-0.05, 0) is 29.7 Å². The Bertz CT molecular complexity index is 488. The first-order valence-electron chi connectivity index (χ1n) is 6.94. The molecule has 0 aliphatic heterocycles. The summed E-state index contributed by atoms with van der Waals surface area (Å²) in [6.07, 6.45) is 11.2. The van der Waals surface area contributed by atoms with Gasteiger partial charge in [0.1, 0.15) is 0 Å². The number of hydrogen-bond acceptors (Lipinski definition) is 1. The molecule has 1 heteroatoms. The van der Waals surface area contributed by atoms with Crippen molar-refractivity contribution in [3.63, 3.8) is 0 Å². The summed E-state index contributed by atoms with van der Waals surface area (Å²) in [6.45, 7) is 0.736. The number of ether oxygens (including phenoxy) is 1. The molecular weight excluding hydrogens is 220 g/mol. The van der Waals surface area contributed by atoms with E-state index in [2.05, 4.69) is 54.6 Å². The second-order valence-electron chi connectivity index (χ2n) is 5.75. The van der Waals surface area contributed by atoms with Crippen LogP contribution in [0, 0.1) is 23.7 Å². The van der Waals surface area contributed by atoms with Gasteiger partial charge in [0.05, 0.1) is 12.7 Å². The lowest BCUT2D eigenvalue weighted by molar-refractivity contribution is 0.0240. The van der Waals surface area contributed by atoms with Crippen LogP contribution >= 0.6 is 0 Å². The van der Waals surface area contributed by atoms with E-state index in [1.54, 1.807) is 0 Å². The summed E-state index contributed by atoms with van der Waals surface area (Å²) in [6, 6.07) is 10.5. The minimum Gasteiger partial charge on any atom is -0.369 e. The lowest BCUT2D eigenvalue weighted by Gasteiger charge is -2.26.